The molecule has 1 aromatic heterocycles. The fraction of sp³-hybridized carbons (Fsp3) is 0.0476. The van der Waals surface area contributed by atoms with Gasteiger partial charge in [-0.15, -0.1) is 4.91 Å². The number of nitrogens with one attached hydrogen (secondary N) is 4. The minimum absolute atomic E-state index is 0.0891. The van der Waals surface area contributed by atoms with Crippen molar-refractivity contribution in [2.45, 2.75) is 11.8 Å². The lowest BCUT2D eigenvalue weighted by Gasteiger charge is -2.13. The average Bonchev–Trinajstić information content (AvgIpc) is 3.10. The zero-order chi connectivity index (χ0) is 22.9. The van der Waals surface area contributed by atoms with Gasteiger partial charge in [-0.2, -0.15) is 0 Å². The maximum atomic E-state index is 12.7. The van der Waals surface area contributed by atoms with E-state index in [1.54, 1.807) is 12.1 Å². The van der Waals surface area contributed by atoms with Crippen LogP contribution in [0.5, 0.6) is 5.88 Å². The molecule has 5 N–H and O–H groups in total. The van der Waals surface area contributed by atoms with E-state index in [-0.39, 0.29) is 22.2 Å². The zero-order valence-corrected chi connectivity index (χ0v) is 18.3. The van der Waals surface area contributed by atoms with E-state index in [0.717, 1.165) is 22.5 Å². The first kappa shape index (κ1) is 21.5. The van der Waals surface area contributed by atoms with Crippen molar-refractivity contribution in [3.05, 3.63) is 76.2 Å². The number of hydrogen-bond acceptors (Lipinski definition) is 7. The summed E-state index contributed by atoms with van der Waals surface area (Å²) in [6.45, 7) is 1.90. The van der Waals surface area contributed by atoms with E-state index < -0.39 is 10.0 Å². The third-order valence-corrected chi connectivity index (χ3v) is 6.45. The minimum atomic E-state index is -3.96. The van der Waals surface area contributed by atoms with Crippen LogP contribution < -0.4 is 15.6 Å². The van der Waals surface area contributed by atoms with E-state index >= 15 is 0 Å². The SMILES string of the molecule is Cc1cccc2c(NNc3ccc(S(=O)(=O)Nc4ccc(Cl)cc4)cc3N=O)c(O)[nH]c12. The number of H-pyrrole nitrogens is 1. The Hall–Kier alpha value is -3.76. The van der Waals surface area contributed by atoms with Gasteiger partial charge in [-0.25, -0.2) is 8.42 Å². The highest BCUT2D eigenvalue weighted by Crippen LogP contribution is 2.35. The molecular weight excluding hydrogens is 454 g/mol. The number of hydrogen-bond donors (Lipinski definition) is 5. The van der Waals surface area contributed by atoms with Crippen LogP contribution in [0, 0.1) is 11.8 Å². The lowest BCUT2D eigenvalue weighted by Crippen LogP contribution is -2.13. The molecule has 11 heteroatoms. The van der Waals surface area contributed by atoms with Gasteiger partial charge in [-0.05, 0) is 60.1 Å². The van der Waals surface area contributed by atoms with Crippen LogP contribution in [-0.2, 0) is 10.0 Å². The van der Waals surface area contributed by atoms with E-state index in [2.05, 4.69) is 25.7 Å². The van der Waals surface area contributed by atoms with Crippen molar-refractivity contribution in [2.24, 2.45) is 5.18 Å². The Balaban J connectivity index is 1.58. The number of aromatic nitrogens is 1. The Bertz CT molecular complexity index is 1420. The highest BCUT2D eigenvalue weighted by molar-refractivity contribution is 7.92. The van der Waals surface area contributed by atoms with Gasteiger partial charge in [0.15, 0.2) is 0 Å². The molecule has 0 saturated heterocycles. The minimum Gasteiger partial charge on any atom is -0.493 e. The number of benzene rings is 3. The van der Waals surface area contributed by atoms with E-state index in [1.165, 1.54) is 24.3 Å². The molecule has 0 aliphatic rings. The molecule has 0 unspecified atom stereocenters. The molecule has 32 heavy (non-hydrogen) atoms. The monoisotopic (exact) mass is 471 g/mol. The maximum Gasteiger partial charge on any atom is 0.261 e. The lowest BCUT2D eigenvalue weighted by molar-refractivity contribution is 0.460. The molecule has 0 radical (unpaired) electrons. The summed E-state index contributed by atoms with van der Waals surface area (Å²) >= 11 is 5.82. The molecule has 0 spiro atoms. The summed E-state index contributed by atoms with van der Waals surface area (Å²) in [5.41, 5.74) is 8.16. The highest BCUT2D eigenvalue weighted by Gasteiger charge is 2.18. The number of hydrazine groups is 1. The topological polar surface area (TPSA) is 136 Å². The molecule has 0 aliphatic carbocycles. The number of nitrogens with zero attached hydrogens (tertiary/aromatic N) is 1. The molecule has 3 aromatic carbocycles. The van der Waals surface area contributed by atoms with Gasteiger partial charge in [-0.1, -0.05) is 29.8 Å². The highest BCUT2D eigenvalue weighted by atomic mass is 35.5. The first-order chi connectivity index (χ1) is 15.3. The first-order valence-corrected chi connectivity index (χ1v) is 11.2. The van der Waals surface area contributed by atoms with Gasteiger partial charge in [0, 0.05) is 16.1 Å². The van der Waals surface area contributed by atoms with E-state index in [9.17, 15) is 18.4 Å². The standard InChI is InChI=1S/C21H18ClN5O4S/c1-12-3-2-4-16-19(12)23-21(28)20(16)25-24-17-10-9-15(11-18(17)26-29)32(30,31)27-14-7-5-13(22)6-8-14/h2-11,23-25,27-28H,1H3. The third-order valence-electron chi connectivity index (χ3n) is 4.82. The van der Waals surface area contributed by atoms with Crippen molar-refractivity contribution in [1.29, 1.82) is 0 Å². The summed E-state index contributed by atoms with van der Waals surface area (Å²) in [6.07, 6.45) is 0. The molecule has 0 fully saturated rings. The van der Waals surface area contributed by atoms with Crippen molar-refractivity contribution in [3.63, 3.8) is 0 Å². The summed E-state index contributed by atoms with van der Waals surface area (Å²) < 4.78 is 27.8. The summed E-state index contributed by atoms with van der Waals surface area (Å²) in [4.78, 5) is 14.1. The van der Waals surface area contributed by atoms with Crippen LogP contribution in [0.4, 0.5) is 22.7 Å². The number of halogens is 1. The fourth-order valence-electron chi connectivity index (χ4n) is 3.20. The first-order valence-electron chi connectivity index (χ1n) is 9.36. The second kappa shape index (κ2) is 8.40. The quantitative estimate of drug-likeness (QED) is 0.179. The second-order valence-corrected chi connectivity index (χ2v) is 9.10. The van der Waals surface area contributed by atoms with Crippen molar-refractivity contribution in [3.8, 4) is 5.88 Å². The van der Waals surface area contributed by atoms with E-state index in [0.29, 0.717) is 16.4 Å². The Morgan fingerprint density at radius 1 is 1.03 bits per heavy atom. The van der Waals surface area contributed by atoms with E-state index in [4.69, 9.17) is 11.6 Å². The van der Waals surface area contributed by atoms with Crippen LogP contribution in [0.2, 0.25) is 5.02 Å². The van der Waals surface area contributed by atoms with Crippen molar-refractivity contribution < 1.29 is 13.5 Å². The molecular formula is C21H18ClN5O4S. The van der Waals surface area contributed by atoms with Crippen molar-refractivity contribution >= 4 is 55.3 Å². The van der Waals surface area contributed by atoms with E-state index in [1.807, 2.05) is 25.1 Å². The molecule has 0 atom stereocenters. The largest absolute Gasteiger partial charge is 0.493 e. The molecule has 9 nitrogen and oxygen atoms in total. The molecule has 164 valence electrons. The molecule has 4 aromatic rings. The van der Waals surface area contributed by atoms with Gasteiger partial charge in [0.25, 0.3) is 10.0 Å². The summed E-state index contributed by atoms with van der Waals surface area (Å²) in [5.74, 6) is -0.0891. The fourth-order valence-corrected chi connectivity index (χ4v) is 4.40. The van der Waals surface area contributed by atoms with Gasteiger partial charge in [0.2, 0.25) is 5.88 Å². The van der Waals surface area contributed by atoms with Gasteiger partial charge >= 0.3 is 0 Å². The van der Waals surface area contributed by atoms with Crippen LogP contribution in [-0.4, -0.2) is 18.5 Å². The Labute approximate surface area is 188 Å². The number of anilines is 3. The van der Waals surface area contributed by atoms with Gasteiger partial charge in [-0.3, -0.25) is 15.6 Å². The predicted octanol–water partition coefficient (Wildman–Crippen LogP) is 5.47. The number of nitroso groups, excluding NO2 is 1. The Kier molecular flexibility index (Phi) is 5.64. The number of rotatable bonds is 7. The number of aryl methyl sites for hydroxylation is 1. The number of sulfonamides is 1. The van der Waals surface area contributed by atoms with Crippen molar-refractivity contribution in [2.75, 3.05) is 15.6 Å². The third kappa shape index (κ3) is 4.18. The molecule has 0 saturated carbocycles. The van der Waals surface area contributed by atoms with Gasteiger partial charge < -0.3 is 10.1 Å². The number of aromatic amines is 1. The lowest BCUT2D eigenvalue weighted by atomic mass is 10.1. The van der Waals surface area contributed by atoms with Crippen LogP contribution >= 0.6 is 11.6 Å². The van der Waals surface area contributed by atoms with Crippen LogP contribution in [0.15, 0.2) is 70.7 Å². The molecule has 0 bridgehead atoms. The van der Waals surface area contributed by atoms with Crippen LogP contribution in [0.25, 0.3) is 10.9 Å². The molecule has 0 amide bonds. The molecule has 0 aliphatic heterocycles. The number of aromatic hydroxyl groups is 1. The van der Waals surface area contributed by atoms with Gasteiger partial charge in [0.05, 0.1) is 16.1 Å². The van der Waals surface area contributed by atoms with Crippen LogP contribution in [0.1, 0.15) is 5.56 Å². The van der Waals surface area contributed by atoms with Crippen LogP contribution in [0.3, 0.4) is 0 Å². The predicted molar refractivity (Wildman–Crippen MR) is 126 cm³/mol. The van der Waals surface area contributed by atoms with Crippen molar-refractivity contribution in [1.82, 2.24) is 4.98 Å². The smallest absolute Gasteiger partial charge is 0.261 e. The normalized spacial score (nSPS) is 11.3. The maximum absolute atomic E-state index is 12.7. The summed E-state index contributed by atoms with van der Waals surface area (Å²) in [5, 5.41) is 14.4. The molecule has 4 rings (SSSR count). The summed E-state index contributed by atoms with van der Waals surface area (Å²) in [7, 11) is -3.96. The Morgan fingerprint density at radius 2 is 1.78 bits per heavy atom. The molecule has 1 heterocycles. The Morgan fingerprint density at radius 3 is 2.50 bits per heavy atom. The zero-order valence-electron chi connectivity index (χ0n) is 16.7. The average molecular weight is 472 g/mol. The second-order valence-electron chi connectivity index (χ2n) is 6.98. The summed E-state index contributed by atoms with van der Waals surface area (Å²) in [6, 6.07) is 15.6. The number of para-hydroxylation sites is 1. The van der Waals surface area contributed by atoms with Gasteiger partial charge in [0.1, 0.15) is 11.4 Å². The number of fused-ring (bicyclic) bond motifs is 1.